The zero-order chi connectivity index (χ0) is 16.7. The zero-order valence-electron chi connectivity index (χ0n) is 13.4. The number of likely N-dealkylation sites (tertiary alicyclic amines) is 1. The molecule has 1 aliphatic rings. The van der Waals surface area contributed by atoms with Crippen LogP contribution in [0.1, 0.15) is 36.5 Å². The number of benzene rings is 1. The maximum atomic E-state index is 12.6. The van der Waals surface area contributed by atoms with Gasteiger partial charge in [-0.1, -0.05) is 12.2 Å². The molecule has 1 aliphatic heterocycles. The number of carboxylic acid groups (broad SMARTS) is 1. The Morgan fingerprint density at radius 3 is 2.74 bits per heavy atom. The number of ether oxygens (including phenoxy) is 1. The van der Waals surface area contributed by atoms with Crippen LogP contribution in [-0.4, -0.2) is 41.6 Å². The largest absolute Gasteiger partial charge is 0.482 e. The van der Waals surface area contributed by atoms with Gasteiger partial charge in [0.2, 0.25) is 0 Å². The first-order valence-electron chi connectivity index (χ1n) is 7.95. The number of allylic oxidation sites excluding steroid dienone is 2. The fourth-order valence-electron chi connectivity index (χ4n) is 2.79. The van der Waals surface area contributed by atoms with E-state index in [9.17, 15) is 9.59 Å². The lowest BCUT2D eigenvalue weighted by Crippen LogP contribution is -2.39. The molecule has 0 aliphatic carbocycles. The molecule has 0 spiro atoms. The minimum absolute atomic E-state index is 0.0277. The van der Waals surface area contributed by atoms with Gasteiger partial charge >= 0.3 is 5.97 Å². The first-order chi connectivity index (χ1) is 11.1. The van der Waals surface area contributed by atoms with Gasteiger partial charge in [-0.25, -0.2) is 4.79 Å². The van der Waals surface area contributed by atoms with E-state index in [1.165, 1.54) is 0 Å². The number of carbonyl (C=O) groups is 2. The van der Waals surface area contributed by atoms with Gasteiger partial charge in [0.25, 0.3) is 5.91 Å². The molecular formula is C18H23NO4. The van der Waals surface area contributed by atoms with Crippen molar-refractivity contribution in [3.8, 4) is 5.75 Å². The van der Waals surface area contributed by atoms with Gasteiger partial charge in [0.1, 0.15) is 5.75 Å². The first kappa shape index (κ1) is 17.1. The van der Waals surface area contributed by atoms with Crippen molar-refractivity contribution in [2.24, 2.45) is 5.92 Å². The number of rotatable bonds is 6. The van der Waals surface area contributed by atoms with Crippen molar-refractivity contribution >= 4 is 11.9 Å². The van der Waals surface area contributed by atoms with Gasteiger partial charge < -0.3 is 14.7 Å². The Balaban J connectivity index is 1.95. The molecule has 1 atom stereocenters. The Bertz CT molecular complexity index is 565. The summed E-state index contributed by atoms with van der Waals surface area (Å²) >= 11 is 0. The van der Waals surface area contributed by atoms with Crippen molar-refractivity contribution in [1.29, 1.82) is 0 Å². The third-order valence-corrected chi connectivity index (χ3v) is 3.97. The number of amides is 1. The van der Waals surface area contributed by atoms with Gasteiger partial charge in [0.15, 0.2) is 6.61 Å². The molecule has 5 heteroatoms. The summed E-state index contributed by atoms with van der Waals surface area (Å²) in [7, 11) is 0. The average molecular weight is 317 g/mol. The van der Waals surface area contributed by atoms with Gasteiger partial charge in [-0.3, -0.25) is 4.79 Å². The molecule has 5 nitrogen and oxygen atoms in total. The van der Waals surface area contributed by atoms with E-state index in [-0.39, 0.29) is 12.5 Å². The summed E-state index contributed by atoms with van der Waals surface area (Å²) in [6, 6.07) is 6.65. The number of hydrogen-bond acceptors (Lipinski definition) is 3. The van der Waals surface area contributed by atoms with Crippen LogP contribution in [0.2, 0.25) is 0 Å². The molecule has 1 aromatic carbocycles. The molecule has 1 saturated heterocycles. The smallest absolute Gasteiger partial charge is 0.341 e. The standard InChI is InChI=1S/C18H23NO4/c1-2-3-5-14-6-4-11-19(12-14)18(22)15-7-9-16(10-8-15)23-13-17(20)21/h2-3,7-10,14H,4-6,11-13H2,1H3,(H,20,21). The molecule has 1 N–H and O–H groups in total. The van der Waals surface area contributed by atoms with Crippen molar-refractivity contribution in [3.05, 3.63) is 42.0 Å². The van der Waals surface area contributed by atoms with E-state index in [1.54, 1.807) is 24.3 Å². The van der Waals surface area contributed by atoms with E-state index >= 15 is 0 Å². The predicted octanol–water partition coefficient (Wildman–Crippen LogP) is 2.97. The highest BCUT2D eigenvalue weighted by Gasteiger charge is 2.23. The second-order valence-corrected chi connectivity index (χ2v) is 5.77. The average Bonchev–Trinajstić information content (AvgIpc) is 2.58. The molecule has 1 unspecified atom stereocenters. The molecule has 1 amide bonds. The van der Waals surface area contributed by atoms with Crippen molar-refractivity contribution in [2.45, 2.75) is 26.2 Å². The minimum atomic E-state index is -1.02. The van der Waals surface area contributed by atoms with Gasteiger partial charge in [0, 0.05) is 18.7 Å². The molecule has 1 fully saturated rings. The molecule has 0 bridgehead atoms. The summed E-state index contributed by atoms with van der Waals surface area (Å²) in [5, 5.41) is 8.58. The number of piperidine rings is 1. The van der Waals surface area contributed by atoms with E-state index < -0.39 is 5.97 Å². The van der Waals surface area contributed by atoms with Gasteiger partial charge in [-0.2, -0.15) is 0 Å². The van der Waals surface area contributed by atoms with Crippen LogP contribution in [0.15, 0.2) is 36.4 Å². The molecular weight excluding hydrogens is 294 g/mol. The molecule has 0 radical (unpaired) electrons. The monoisotopic (exact) mass is 317 g/mol. The zero-order valence-corrected chi connectivity index (χ0v) is 13.4. The molecule has 2 rings (SSSR count). The quantitative estimate of drug-likeness (QED) is 0.819. The van der Waals surface area contributed by atoms with Crippen LogP contribution in [0.3, 0.4) is 0 Å². The Kier molecular flexibility index (Phi) is 6.20. The highest BCUT2D eigenvalue weighted by Crippen LogP contribution is 2.22. The maximum absolute atomic E-state index is 12.6. The van der Waals surface area contributed by atoms with E-state index in [2.05, 4.69) is 12.2 Å². The van der Waals surface area contributed by atoms with Crippen molar-refractivity contribution in [2.75, 3.05) is 19.7 Å². The molecule has 124 valence electrons. The molecule has 0 saturated carbocycles. The van der Waals surface area contributed by atoms with Crippen LogP contribution in [0.25, 0.3) is 0 Å². The highest BCUT2D eigenvalue weighted by molar-refractivity contribution is 5.94. The van der Waals surface area contributed by atoms with Crippen LogP contribution in [0.4, 0.5) is 0 Å². The maximum Gasteiger partial charge on any atom is 0.341 e. The van der Waals surface area contributed by atoms with Crippen LogP contribution >= 0.6 is 0 Å². The van der Waals surface area contributed by atoms with E-state index in [1.807, 2.05) is 11.8 Å². The predicted molar refractivity (Wildman–Crippen MR) is 87.6 cm³/mol. The third-order valence-electron chi connectivity index (χ3n) is 3.97. The summed E-state index contributed by atoms with van der Waals surface area (Å²) in [6.07, 6.45) is 7.43. The van der Waals surface area contributed by atoms with Crippen molar-refractivity contribution < 1.29 is 19.4 Å². The number of hydrogen-bond donors (Lipinski definition) is 1. The summed E-state index contributed by atoms with van der Waals surface area (Å²) in [6.45, 7) is 3.22. The van der Waals surface area contributed by atoms with Gasteiger partial charge in [-0.15, -0.1) is 0 Å². The molecule has 0 aromatic heterocycles. The second kappa shape index (κ2) is 8.36. The van der Waals surface area contributed by atoms with Crippen LogP contribution in [-0.2, 0) is 4.79 Å². The fraction of sp³-hybridized carbons (Fsp3) is 0.444. The lowest BCUT2D eigenvalue weighted by molar-refractivity contribution is -0.139. The highest BCUT2D eigenvalue weighted by atomic mass is 16.5. The number of aliphatic carboxylic acids is 1. The summed E-state index contributed by atoms with van der Waals surface area (Å²) in [5.74, 6) is -0.0128. The SMILES string of the molecule is CC=CCC1CCCN(C(=O)c2ccc(OCC(=O)O)cc2)C1. The van der Waals surface area contributed by atoms with E-state index in [0.717, 1.165) is 32.4 Å². The molecule has 1 heterocycles. The number of carbonyl (C=O) groups excluding carboxylic acids is 1. The Morgan fingerprint density at radius 1 is 1.35 bits per heavy atom. The minimum Gasteiger partial charge on any atom is -0.482 e. The Labute approximate surface area is 136 Å². The lowest BCUT2D eigenvalue weighted by Gasteiger charge is -2.32. The Hall–Kier alpha value is -2.30. The van der Waals surface area contributed by atoms with Crippen LogP contribution < -0.4 is 4.74 Å². The van der Waals surface area contributed by atoms with Gasteiger partial charge in [0.05, 0.1) is 0 Å². The summed E-state index contributed by atoms with van der Waals surface area (Å²) in [5.41, 5.74) is 0.611. The Morgan fingerprint density at radius 2 is 2.09 bits per heavy atom. The van der Waals surface area contributed by atoms with Crippen molar-refractivity contribution in [3.63, 3.8) is 0 Å². The summed E-state index contributed by atoms with van der Waals surface area (Å²) < 4.78 is 5.08. The van der Waals surface area contributed by atoms with E-state index in [0.29, 0.717) is 17.2 Å². The fourth-order valence-corrected chi connectivity index (χ4v) is 2.79. The third kappa shape index (κ3) is 5.13. The van der Waals surface area contributed by atoms with Crippen LogP contribution in [0.5, 0.6) is 5.75 Å². The van der Waals surface area contributed by atoms with Crippen LogP contribution in [0, 0.1) is 5.92 Å². The van der Waals surface area contributed by atoms with E-state index in [4.69, 9.17) is 9.84 Å². The van der Waals surface area contributed by atoms with Crippen molar-refractivity contribution in [1.82, 2.24) is 4.90 Å². The number of carboxylic acids is 1. The topological polar surface area (TPSA) is 66.8 Å². The first-order valence-corrected chi connectivity index (χ1v) is 7.95. The number of nitrogens with zero attached hydrogens (tertiary/aromatic N) is 1. The molecule has 1 aromatic rings. The summed E-state index contributed by atoms with van der Waals surface area (Å²) in [4.78, 5) is 24.9. The normalized spacial score (nSPS) is 18.1. The lowest BCUT2D eigenvalue weighted by atomic mass is 9.94. The van der Waals surface area contributed by atoms with Gasteiger partial charge in [-0.05, 0) is 56.4 Å². The second-order valence-electron chi connectivity index (χ2n) is 5.77. The molecule has 23 heavy (non-hydrogen) atoms.